The van der Waals surface area contributed by atoms with Crippen molar-refractivity contribution in [2.45, 2.75) is 32.1 Å². The lowest BCUT2D eigenvalue weighted by Crippen LogP contribution is -2.31. The summed E-state index contributed by atoms with van der Waals surface area (Å²) >= 11 is 0. The van der Waals surface area contributed by atoms with E-state index in [0.29, 0.717) is 5.75 Å². The van der Waals surface area contributed by atoms with Crippen molar-refractivity contribution in [2.24, 2.45) is 5.73 Å². The number of pyridine rings is 1. The molecule has 1 heterocycles. The fourth-order valence-electron chi connectivity index (χ4n) is 2.03. The Bertz CT molecular complexity index is 531. The third-order valence-electron chi connectivity index (χ3n) is 3.24. The highest BCUT2D eigenvalue weighted by Crippen LogP contribution is 2.25. The second-order valence-electron chi connectivity index (χ2n) is 4.70. The first kappa shape index (κ1) is 14.5. The first-order valence-corrected chi connectivity index (χ1v) is 6.76. The van der Waals surface area contributed by atoms with E-state index in [1.54, 1.807) is 12.4 Å². The Morgan fingerprint density at radius 3 is 2.65 bits per heavy atom. The molecule has 0 radical (unpaired) electrons. The summed E-state index contributed by atoms with van der Waals surface area (Å²) in [6.45, 7) is 2.03. The molecule has 0 fully saturated rings. The van der Waals surface area contributed by atoms with E-state index in [2.05, 4.69) is 4.98 Å². The number of nitrogens with zero attached hydrogens (tertiary/aromatic N) is 1. The minimum absolute atomic E-state index is 0.00302. The van der Waals surface area contributed by atoms with Crippen molar-refractivity contribution in [1.29, 1.82) is 0 Å². The predicted octanol–water partition coefficient (Wildman–Crippen LogP) is 2.43. The molecule has 20 heavy (non-hydrogen) atoms. The van der Waals surface area contributed by atoms with Gasteiger partial charge in [-0.3, -0.25) is 4.98 Å². The molecule has 0 saturated carbocycles. The van der Waals surface area contributed by atoms with Gasteiger partial charge in [-0.1, -0.05) is 19.1 Å². The monoisotopic (exact) mass is 272 g/mol. The molecule has 0 spiro atoms. The number of hydrogen-bond acceptors (Lipinski definition) is 4. The molecule has 2 atom stereocenters. The van der Waals surface area contributed by atoms with Crippen LogP contribution < -0.4 is 10.5 Å². The summed E-state index contributed by atoms with van der Waals surface area (Å²) in [6.07, 6.45) is 4.06. The average molecular weight is 272 g/mol. The fourth-order valence-corrected chi connectivity index (χ4v) is 2.03. The van der Waals surface area contributed by atoms with Crippen molar-refractivity contribution < 1.29 is 9.84 Å². The predicted molar refractivity (Wildman–Crippen MR) is 78.2 cm³/mol. The van der Waals surface area contributed by atoms with Gasteiger partial charge in [-0.15, -0.1) is 0 Å². The molecule has 4 heteroatoms. The van der Waals surface area contributed by atoms with Crippen molar-refractivity contribution in [2.75, 3.05) is 0 Å². The van der Waals surface area contributed by atoms with Crippen LogP contribution in [0.2, 0.25) is 0 Å². The molecule has 0 saturated heterocycles. The summed E-state index contributed by atoms with van der Waals surface area (Å²) < 4.78 is 6.03. The maximum atomic E-state index is 9.18. The lowest BCUT2D eigenvalue weighted by atomic mass is 10.0. The van der Waals surface area contributed by atoms with Crippen LogP contribution in [0.3, 0.4) is 0 Å². The Morgan fingerprint density at radius 2 is 2.00 bits per heavy atom. The Hall–Kier alpha value is -1.91. The molecule has 4 nitrogen and oxygen atoms in total. The number of aliphatic hydroxyl groups is 1. The summed E-state index contributed by atoms with van der Waals surface area (Å²) in [4.78, 5) is 4.02. The van der Waals surface area contributed by atoms with Crippen molar-refractivity contribution in [3.63, 3.8) is 0 Å². The molecule has 0 bridgehead atoms. The normalized spacial score (nSPS) is 13.8. The quantitative estimate of drug-likeness (QED) is 0.847. The number of rotatable bonds is 6. The van der Waals surface area contributed by atoms with E-state index >= 15 is 0 Å². The maximum absolute atomic E-state index is 9.18. The first-order valence-electron chi connectivity index (χ1n) is 6.76. The highest BCUT2D eigenvalue weighted by molar-refractivity contribution is 5.29. The Morgan fingerprint density at radius 1 is 1.25 bits per heavy atom. The summed E-state index contributed by atoms with van der Waals surface area (Å²) in [5.41, 5.74) is 8.00. The van der Waals surface area contributed by atoms with Crippen molar-refractivity contribution in [3.05, 3.63) is 59.9 Å². The maximum Gasteiger partial charge on any atom is 0.139 e. The van der Waals surface area contributed by atoms with Gasteiger partial charge < -0.3 is 15.6 Å². The van der Waals surface area contributed by atoms with Crippen LogP contribution in [0.25, 0.3) is 0 Å². The molecule has 106 valence electrons. The van der Waals surface area contributed by atoms with Crippen molar-refractivity contribution in [1.82, 2.24) is 4.98 Å². The van der Waals surface area contributed by atoms with Crippen LogP contribution in [0.1, 0.15) is 30.6 Å². The number of aliphatic hydroxyl groups excluding tert-OH is 1. The highest BCUT2D eigenvalue weighted by Gasteiger charge is 2.20. The minimum atomic E-state index is -0.225. The number of ether oxygens (including phenoxy) is 1. The zero-order valence-electron chi connectivity index (χ0n) is 11.6. The fraction of sp³-hybridized carbons (Fsp3) is 0.312. The zero-order chi connectivity index (χ0) is 14.4. The van der Waals surface area contributed by atoms with Gasteiger partial charge in [0.05, 0.1) is 6.61 Å². The minimum Gasteiger partial charge on any atom is -0.484 e. The van der Waals surface area contributed by atoms with E-state index in [-0.39, 0.29) is 18.8 Å². The van der Waals surface area contributed by atoms with Crippen molar-refractivity contribution >= 4 is 0 Å². The third kappa shape index (κ3) is 3.56. The largest absolute Gasteiger partial charge is 0.484 e. The second-order valence-corrected chi connectivity index (χ2v) is 4.70. The molecule has 2 rings (SSSR count). The number of benzene rings is 1. The molecule has 0 amide bonds. The zero-order valence-corrected chi connectivity index (χ0v) is 11.6. The van der Waals surface area contributed by atoms with Gasteiger partial charge in [0.1, 0.15) is 11.9 Å². The molecule has 1 aromatic carbocycles. The average Bonchev–Trinajstić information content (AvgIpc) is 2.53. The van der Waals surface area contributed by atoms with E-state index in [1.807, 2.05) is 43.3 Å². The smallest absolute Gasteiger partial charge is 0.139 e. The van der Waals surface area contributed by atoms with Crippen LogP contribution in [0.5, 0.6) is 5.75 Å². The van der Waals surface area contributed by atoms with E-state index in [0.717, 1.165) is 17.5 Å². The Kier molecular flexibility index (Phi) is 5.09. The van der Waals surface area contributed by atoms with Crippen LogP contribution in [0.15, 0.2) is 48.8 Å². The summed E-state index contributed by atoms with van der Waals surface area (Å²) in [5.74, 6) is 0.710. The number of nitrogens with two attached hydrogens (primary N) is 1. The topological polar surface area (TPSA) is 68.4 Å². The molecule has 0 aliphatic carbocycles. The summed E-state index contributed by atoms with van der Waals surface area (Å²) in [5, 5.41) is 9.18. The summed E-state index contributed by atoms with van der Waals surface area (Å²) in [6, 6.07) is 11.1. The van der Waals surface area contributed by atoms with Crippen LogP contribution >= 0.6 is 0 Å². The lowest BCUT2D eigenvalue weighted by Gasteiger charge is -2.24. The van der Waals surface area contributed by atoms with Crippen LogP contribution in [-0.2, 0) is 6.61 Å². The second kappa shape index (κ2) is 7.03. The standard InChI is InChI=1S/C16H20N2O2/c1-2-15(17)16(13-6-8-18-9-7-13)20-14-5-3-4-12(10-14)11-19/h3-10,15-16,19H,2,11,17H2,1H3. The van der Waals surface area contributed by atoms with Crippen LogP contribution in [0, 0.1) is 0 Å². The number of hydrogen-bond donors (Lipinski definition) is 2. The van der Waals surface area contributed by atoms with Crippen molar-refractivity contribution in [3.8, 4) is 5.75 Å². The van der Waals surface area contributed by atoms with E-state index < -0.39 is 0 Å². The molecule has 0 aliphatic rings. The van der Waals surface area contributed by atoms with Gasteiger partial charge in [-0.25, -0.2) is 0 Å². The lowest BCUT2D eigenvalue weighted by molar-refractivity contribution is 0.170. The summed E-state index contributed by atoms with van der Waals surface area (Å²) in [7, 11) is 0. The van der Waals surface area contributed by atoms with Gasteiger partial charge >= 0.3 is 0 Å². The molecule has 0 aliphatic heterocycles. The van der Waals surface area contributed by atoms with E-state index in [4.69, 9.17) is 10.5 Å². The molecular formula is C16H20N2O2. The molecule has 2 unspecified atom stereocenters. The van der Waals surface area contributed by atoms with Gasteiger partial charge in [-0.2, -0.15) is 0 Å². The first-order chi connectivity index (χ1) is 9.74. The third-order valence-corrected chi connectivity index (χ3v) is 3.24. The van der Waals surface area contributed by atoms with Gasteiger partial charge in [0.15, 0.2) is 0 Å². The SMILES string of the molecule is CCC(N)C(Oc1cccc(CO)c1)c1ccncc1. The van der Waals surface area contributed by atoms with Gasteiger partial charge in [-0.05, 0) is 41.8 Å². The van der Waals surface area contributed by atoms with Gasteiger partial charge in [0, 0.05) is 18.4 Å². The Labute approximate surface area is 119 Å². The van der Waals surface area contributed by atoms with Crippen LogP contribution in [-0.4, -0.2) is 16.1 Å². The number of aromatic nitrogens is 1. The molecule has 1 aromatic heterocycles. The van der Waals surface area contributed by atoms with E-state index in [9.17, 15) is 5.11 Å². The van der Waals surface area contributed by atoms with Gasteiger partial charge in [0.25, 0.3) is 0 Å². The highest BCUT2D eigenvalue weighted by atomic mass is 16.5. The molecule has 2 aromatic rings. The van der Waals surface area contributed by atoms with E-state index in [1.165, 1.54) is 0 Å². The Balaban J connectivity index is 2.24. The van der Waals surface area contributed by atoms with Gasteiger partial charge in [0.2, 0.25) is 0 Å². The van der Waals surface area contributed by atoms with Crippen LogP contribution in [0.4, 0.5) is 0 Å². The molecule has 3 N–H and O–H groups in total. The molecular weight excluding hydrogens is 252 g/mol.